The lowest BCUT2D eigenvalue weighted by Gasteiger charge is -2.41. The lowest BCUT2D eigenvalue weighted by atomic mass is 9.96. The van der Waals surface area contributed by atoms with E-state index >= 15 is 0 Å². The van der Waals surface area contributed by atoms with Gasteiger partial charge in [-0.25, -0.2) is 4.79 Å². The molecule has 8 nitrogen and oxygen atoms in total. The maximum atomic E-state index is 12.7. The van der Waals surface area contributed by atoms with Gasteiger partial charge < -0.3 is 19.5 Å². The third kappa shape index (κ3) is 3.15. The molecule has 8 heteroatoms. The van der Waals surface area contributed by atoms with Crippen molar-refractivity contribution in [3.63, 3.8) is 0 Å². The van der Waals surface area contributed by atoms with Crippen LogP contribution in [0.4, 0.5) is 11.4 Å². The summed E-state index contributed by atoms with van der Waals surface area (Å²) in [6, 6.07) is 6.94. The number of para-hydroxylation sites is 2. The van der Waals surface area contributed by atoms with Crippen molar-refractivity contribution in [3.8, 4) is 0 Å². The second-order valence-corrected chi connectivity index (χ2v) is 6.04. The molecule has 0 bridgehead atoms. The highest BCUT2D eigenvalue weighted by atomic mass is 16.6. The van der Waals surface area contributed by atoms with E-state index < -0.39 is 24.0 Å². The Bertz CT molecular complexity index is 755. The van der Waals surface area contributed by atoms with Gasteiger partial charge in [0.05, 0.1) is 11.4 Å². The Labute approximate surface area is 144 Å². The molecule has 0 spiro atoms. The molecule has 0 aromatic heterocycles. The first-order valence-electron chi connectivity index (χ1n) is 7.76. The van der Waals surface area contributed by atoms with E-state index in [2.05, 4.69) is 5.32 Å². The molecule has 0 fully saturated rings. The number of carbonyl (C=O) groups excluding carboxylic acids is 3. The van der Waals surface area contributed by atoms with Gasteiger partial charge in [-0.2, -0.15) is 0 Å². The van der Waals surface area contributed by atoms with Crippen molar-refractivity contribution in [3.05, 3.63) is 36.3 Å². The maximum Gasteiger partial charge on any atom is 0.377 e. The number of carbonyl (C=O) groups is 3. The summed E-state index contributed by atoms with van der Waals surface area (Å²) in [6.07, 6.45) is 1.16. The lowest BCUT2D eigenvalue weighted by molar-refractivity contribution is -0.149. The number of fused-ring (bicyclic) bond motifs is 1. The first-order valence-corrected chi connectivity index (χ1v) is 7.76. The Balaban J connectivity index is 1.77. The van der Waals surface area contributed by atoms with E-state index in [1.807, 2.05) is 0 Å². The Hall–Kier alpha value is -3.03. The Kier molecular flexibility index (Phi) is 4.35. The molecule has 1 aromatic rings. The third-order valence-corrected chi connectivity index (χ3v) is 3.93. The molecule has 132 valence electrons. The Morgan fingerprint density at radius 3 is 2.76 bits per heavy atom. The topological polar surface area (TPSA) is 94.2 Å². The summed E-state index contributed by atoms with van der Waals surface area (Å²) >= 11 is 0. The number of amides is 2. The fraction of sp³-hybridized carbons (Fsp3) is 0.353. The quantitative estimate of drug-likeness (QED) is 0.826. The number of nitrogens with one attached hydrogen (secondary N) is 1. The van der Waals surface area contributed by atoms with Crippen LogP contribution in [0.25, 0.3) is 0 Å². The van der Waals surface area contributed by atoms with E-state index in [1.54, 1.807) is 38.1 Å². The van der Waals surface area contributed by atoms with Crippen molar-refractivity contribution in [2.45, 2.75) is 19.4 Å². The molecule has 0 radical (unpaired) electrons. The van der Waals surface area contributed by atoms with E-state index in [4.69, 9.17) is 14.2 Å². The molecule has 0 saturated heterocycles. The van der Waals surface area contributed by atoms with Crippen LogP contribution in [0.3, 0.4) is 0 Å². The van der Waals surface area contributed by atoms with Gasteiger partial charge in [0.1, 0.15) is 25.0 Å². The normalized spacial score (nSPS) is 18.1. The van der Waals surface area contributed by atoms with Crippen LogP contribution in [-0.2, 0) is 28.6 Å². The van der Waals surface area contributed by atoms with E-state index in [0.29, 0.717) is 18.0 Å². The molecule has 0 aliphatic carbocycles. The second kappa shape index (κ2) is 6.46. The average Bonchev–Trinajstić information content (AvgIpc) is 2.61. The van der Waals surface area contributed by atoms with Crippen molar-refractivity contribution in [1.82, 2.24) is 0 Å². The van der Waals surface area contributed by atoms with E-state index in [1.165, 1.54) is 4.90 Å². The number of benzene rings is 1. The predicted octanol–water partition coefficient (Wildman–Crippen LogP) is 1.18. The van der Waals surface area contributed by atoms with E-state index in [-0.39, 0.29) is 18.3 Å². The van der Waals surface area contributed by atoms with Crippen molar-refractivity contribution < 1.29 is 28.6 Å². The van der Waals surface area contributed by atoms with Gasteiger partial charge in [0.2, 0.25) is 11.7 Å². The van der Waals surface area contributed by atoms with Gasteiger partial charge in [-0.1, -0.05) is 12.1 Å². The Morgan fingerprint density at radius 2 is 2.04 bits per heavy atom. The van der Waals surface area contributed by atoms with Crippen LogP contribution in [0.15, 0.2) is 36.3 Å². The highest BCUT2D eigenvalue weighted by Crippen LogP contribution is 2.36. The van der Waals surface area contributed by atoms with Gasteiger partial charge in [0, 0.05) is 0 Å². The van der Waals surface area contributed by atoms with Crippen molar-refractivity contribution in [2.24, 2.45) is 0 Å². The number of nitrogens with zero attached hydrogens (tertiary/aromatic N) is 1. The fourth-order valence-electron chi connectivity index (χ4n) is 2.64. The predicted molar refractivity (Wildman–Crippen MR) is 87.6 cm³/mol. The molecular formula is C17H18N2O6. The first kappa shape index (κ1) is 16.8. The number of rotatable bonds is 3. The summed E-state index contributed by atoms with van der Waals surface area (Å²) in [5.41, 5.74) is -0.0514. The van der Waals surface area contributed by atoms with E-state index in [0.717, 1.165) is 6.26 Å². The monoisotopic (exact) mass is 346 g/mol. The minimum Gasteiger partial charge on any atom is -0.493 e. The van der Waals surface area contributed by atoms with Crippen LogP contribution in [0.5, 0.6) is 0 Å². The van der Waals surface area contributed by atoms with Gasteiger partial charge in [-0.05, 0) is 26.0 Å². The van der Waals surface area contributed by atoms with E-state index in [9.17, 15) is 14.4 Å². The van der Waals surface area contributed by atoms with Gasteiger partial charge in [-0.15, -0.1) is 0 Å². The second-order valence-electron chi connectivity index (χ2n) is 6.04. The van der Waals surface area contributed by atoms with Crippen LogP contribution < -0.4 is 10.2 Å². The smallest absolute Gasteiger partial charge is 0.377 e. The zero-order chi connectivity index (χ0) is 18.0. The summed E-state index contributed by atoms with van der Waals surface area (Å²) in [4.78, 5) is 38.3. The third-order valence-electron chi connectivity index (χ3n) is 3.93. The summed E-state index contributed by atoms with van der Waals surface area (Å²) in [6.45, 7) is 3.31. The molecule has 0 atom stereocenters. The largest absolute Gasteiger partial charge is 0.493 e. The van der Waals surface area contributed by atoms with Crippen LogP contribution in [0.2, 0.25) is 0 Å². The minimum absolute atomic E-state index is 0.0879. The summed E-state index contributed by atoms with van der Waals surface area (Å²) in [7, 11) is 0. The number of ether oxygens (including phenoxy) is 3. The zero-order valence-corrected chi connectivity index (χ0v) is 13.9. The summed E-state index contributed by atoms with van der Waals surface area (Å²) in [5.74, 6) is -1.72. The van der Waals surface area contributed by atoms with Crippen molar-refractivity contribution >= 4 is 29.2 Å². The summed E-state index contributed by atoms with van der Waals surface area (Å²) < 4.78 is 15.1. The van der Waals surface area contributed by atoms with Gasteiger partial charge in [0.25, 0.3) is 5.91 Å². The molecule has 1 aromatic carbocycles. The molecule has 0 unspecified atom stereocenters. The molecule has 3 rings (SSSR count). The maximum absolute atomic E-state index is 12.7. The molecule has 2 amide bonds. The molecule has 2 aliphatic rings. The molecule has 0 saturated carbocycles. The van der Waals surface area contributed by atoms with Gasteiger partial charge in [0.15, 0.2) is 6.61 Å². The van der Waals surface area contributed by atoms with Gasteiger partial charge >= 0.3 is 5.97 Å². The lowest BCUT2D eigenvalue weighted by Crippen LogP contribution is -2.59. The van der Waals surface area contributed by atoms with Crippen molar-refractivity contribution in [2.75, 3.05) is 30.0 Å². The van der Waals surface area contributed by atoms with Crippen LogP contribution in [-0.4, -0.2) is 43.1 Å². The van der Waals surface area contributed by atoms with Crippen LogP contribution in [0.1, 0.15) is 13.8 Å². The van der Waals surface area contributed by atoms with Crippen molar-refractivity contribution in [1.29, 1.82) is 0 Å². The number of esters is 1. The molecular weight excluding hydrogens is 328 g/mol. The van der Waals surface area contributed by atoms with Crippen LogP contribution >= 0.6 is 0 Å². The number of anilines is 2. The Morgan fingerprint density at radius 1 is 1.28 bits per heavy atom. The molecule has 2 aliphatic heterocycles. The number of hydrogen-bond acceptors (Lipinski definition) is 6. The standard InChI is InChI=1S/C17H18N2O6/c1-17(2)16(22)18-11-5-3-4-6-12(11)19(17)14(20)10-25-15(21)13-9-23-7-8-24-13/h3-6,9H,7-8,10H2,1-2H3,(H,18,22). The summed E-state index contributed by atoms with van der Waals surface area (Å²) in [5, 5.41) is 2.77. The first-order chi connectivity index (χ1) is 11.9. The number of hydrogen-bond donors (Lipinski definition) is 1. The highest BCUT2D eigenvalue weighted by Gasteiger charge is 2.43. The van der Waals surface area contributed by atoms with Gasteiger partial charge in [-0.3, -0.25) is 14.5 Å². The average molecular weight is 346 g/mol. The molecule has 1 N–H and O–H groups in total. The molecule has 2 heterocycles. The SMILES string of the molecule is CC1(C)C(=O)Nc2ccccc2N1C(=O)COC(=O)C1=COCCO1. The highest BCUT2D eigenvalue weighted by molar-refractivity contribution is 6.14. The zero-order valence-electron chi connectivity index (χ0n) is 13.9. The minimum atomic E-state index is -1.12. The molecule has 25 heavy (non-hydrogen) atoms. The van der Waals surface area contributed by atoms with Crippen LogP contribution in [0, 0.1) is 0 Å². The fourth-order valence-corrected chi connectivity index (χ4v) is 2.64.